The molecule has 10 heteroatoms. The number of benzene rings is 1. The number of carbonyl (C=O) groups is 2. The normalized spacial score (nSPS) is 16.8. The Bertz CT molecular complexity index is 1120. The number of hydrogen-bond acceptors (Lipinski definition) is 4. The molecule has 1 aliphatic heterocycles. The lowest BCUT2D eigenvalue weighted by molar-refractivity contribution is -0.138. The molecule has 0 spiro atoms. The minimum absolute atomic E-state index is 0.0696. The molecule has 0 aliphatic carbocycles. The first kappa shape index (κ1) is 20.8. The first-order valence-corrected chi connectivity index (χ1v) is 9.84. The van der Waals surface area contributed by atoms with Gasteiger partial charge >= 0.3 is 6.18 Å². The fourth-order valence-corrected chi connectivity index (χ4v) is 3.58. The van der Waals surface area contributed by atoms with E-state index in [1.807, 2.05) is 31.2 Å². The van der Waals surface area contributed by atoms with Crippen molar-refractivity contribution in [2.24, 2.45) is 5.92 Å². The molecule has 1 fully saturated rings. The van der Waals surface area contributed by atoms with Crippen LogP contribution in [0.3, 0.4) is 0 Å². The van der Waals surface area contributed by atoms with E-state index in [1.165, 1.54) is 10.5 Å². The molecule has 2 amide bonds. The number of carbonyl (C=O) groups excluding carboxylic acids is 2. The van der Waals surface area contributed by atoms with Crippen LogP contribution in [0.1, 0.15) is 30.3 Å². The van der Waals surface area contributed by atoms with Crippen LogP contribution in [-0.4, -0.2) is 33.0 Å². The predicted molar refractivity (Wildman–Crippen MR) is 106 cm³/mol. The average Bonchev–Trinajstić information content (AvgIpc) is 3.34. The number of fused-ring (bicyclic) bond motifs is 1. The maximum Gasteiger partial charge on any atom is 0.417 e. The Kier molecular flexibility index (Phi) is 5.38. The highest BCUT2D eigenvalue weighted by Gasteiger charge is 2.35. The zero-order chi connectivity index (χ0) is 22.2. The molecule has 162 valence electrons. The summed E-state index contributed by atoms with van der Waals surface area (Å²) in [5, 5.41) is 10.4. The summed E-state index contributed by atoms with van der Waals surface area (Å²) in [7, 11) is 0. The largest absolute Gasteiger partial charge is 0.417 e. The molecule has 7 nitrogen and oxygen atoms in total. The maximum absolute atomic E-state index is 13.0. The number of nitrogens with zero attached hydrogens (tertiary/aromatic N) is 4. The van der Waals surface area contributed by atoms with Gasteiger partial charge in [0.05, 0.1) is 18.0 Å². The molecule has 0 saturated carbocycles. The van der Waals surface area contributed by atoms with E-state index in [9.17, 15) is 22.8 Å². The summed E-state index contributed by atoms with van der Waals surface area (Å²) >= 11 is 0. The van der Waals surface area contributed by atoms with Crippen molar-refractivity contribution >= 4 is 23.1 Å². The van der Waals surface area contributed by atoms with Crippen molar-refractivity contribution in [3.05, 3.63) is 59.5 Å². The van der Waals surface area contributed by atoms with Crippen LogP contribution < -0.4 is 10.2 Å². The van der Waals surface area contributed by atoms with Gasteiger partial charge in [-0.1, -0.05) is 19.1 Å². The zero-order valence-corrected chi connectivity index (χ0v) is 16.7. The van der Waals surface area contributed by atoms with Crippen LogP contribution in [0.4, 0.5) is 18.9 Å². The molecule has 1 atom stereocenters. The second-order valence-electron chi connectivity index (χ2n) is 7.40. The van der Waals surface area contributed by atoms with Gasteiger partial charge in [0.2, 0.25) is 11.8 Å². The molecule has 1 aromatic carbocycles. The van der Waals surface area contributed by atoms with Crippen molar-refractivity contribution in [3.63, 3.8) is 0 Å². The smallest absolute Gasteiger partial charge is 0.348 e. The number of aromatic nitrogens is 3. The monoisotopic (exact) mass is 431 g/mol. The van der Waals surface area contributed by atoms with Gasteiger partial charge in [-0.25, -0.2) is 0 Å². The summed E-state index contributed by atoms with van der Waals surface area (Å²) in [6.45, 7) is 2.19. The highest BCUT2D eigenvalue weighted by molar-refractivity contribution is 6.00. The van der Waals surface area contributed by atoms with Crippen LogP contribution in [0, 0.1) is 5.92 Å². The van der Waals surface area contributed by atoms with Gasteiger partial charge in [0.15, 0.2) is 11.5 Å². The Labute approximate surface area is 175 Å². The van der Waals surface area contributed by atoms with Gasteiger partial charge in [0, 0.05) is 24.8 Å². The van der Waals surface area contributed by atoms with Crippen molar-refractivity contribution in [1.82, 2.24) is 19.9 Å². The number of pyridine rings is 1. The molecule has 4 rings (SSSR count). The Morgan fingerprint density at radius 1 is 1.16 bits per heavy atom. The molecule has 31 heavy (non-hydrogen) atoms. The molecule has 1 aliphatic rings. The maximum atomic E-state index is 13.0. The van der Waals surface area contributed by atoms with Crippen LogP contribution in [0.2, 0.25) is 0 Å². The molecule has 0 radical (unpaired) electrons. The van der Waals surface area contributed by atoms with Gasteiger partial charge in [-0.15, -0.1) is 10.2 Å². The number of nitrogens with one attached hydrogen (secondary N) is 1. The molecular formula is C21H20F3N5O2. The lowest BCUT2D eigenvalue weighted by Gasteiger charge is -2.17. The predicted octanol–water partition coefficient (Wildman–Crippen LogP) is 2.98. The number of rotatable bonds is 5. The molecular weight excluding hydrogens is 411 g/mol. The first-order chi connectivity index (χ1) is 14.8. The summed E-state index contributed by atoms with van der Waals surface area (Å²) in [5.74, 6) is -0.883. The van der Waals surface area contributed by atoms with E-state index in [0.717, 1.165) is 29.9 Å². The van der Waals surface area contributed by atoms with Gasteiger partial charge in [0.1, 0.15) is 0 Å². The van der Waals surface area contributed by atoms with E-state index in [2.05, 4.69) is 15.5 Å². The number of anilines is 1. The summed E-state index contributed by atoms with van der Waals surface area (Å²) in [6.07, 6.45) is -2.64. The molecule has 2 aromatic heterocycles. The van der Waals surface area contributed by atoms with E-state index in [4.69, 9.17) is 0 Å². The number of alkyl halides is 3. The van der Waals surface area contributed by atoms with Crippen molar-refractivity contribution in [2.45, 2.75) is 32.5 Å². The number of hydrogen-bond donors (Lipinski definition) is 1. The minimum Gasteiger partial charge on any atom is -0.348 e. The highest BCUT2D eigenvalue weighted by atomic mass is 19.4. The quantitative estimate of drug-likeness (QED) is 0.674. The molecule has 3 aromatic rings. The Morgan fingerprint density at radius 3 is 2.58 bits per heavy atom. The van der Waals surface area contributed by atoms with Crippen LogP contribution in [0.5, 0.6) is 0 Å². The van der Waals surface area contributed by atoms with Crippen LogP contribution in [0.25, 0.3) is 5.65 Å². The first-order valence-electron chi connectivity index (χ1n) is 9.84. The van der Waals surface area contributed by atoms with E-state index in [-0.39, 0.29) is 42.8 Å². The molecule has 1 N–H and O–H groups in total. The fraction of sp³-hybridized carbons (Fsp3) is 0.333. The summed E-state index contributed by atoms with van der Waals surface area (Å²) in [5.41, 5.74) is 1.30. The van der Waals surface area contributed by atoms with Gasteiger partial charge < -0.3 is 10.2 Å². The highest BCUT2D eigenvalue weighted by Crippen LogP contribution is 2.29. The van der Waals surface area contributed by atoms with Gasteiger partial charge in [-0.3, -0.25) is 14.0 Å². The third kappa shape index (κ3) is 4.23. The minimum atomic E-state index is -4.50. The number of aryl methyl sites for hydroxylation is 1. The van der Waals surface area contributed by atoms with Gasteiger partial charge in [0.25, 0.3) is 0 Å². The standard InChI is InChI=1S/C21H20F3N5O2/c1-2-13-3-6-16(7-4-13)28-11-14(9-19(28)30)20(31)25-10-18-27-26-17-8-5-15(12-29(17)18)21(22,23)24/h3-8,12,14H,2,9-11H2,1H3,(H,25,31)/t14-/m1/s1. The Hall–Kier alpha value is -3.43. The lowest BCUT2D eigenvalue weighted by atomic mass is 10.1. The second kappa shape index (κ2) is 8.01. The molecule has 0 unspecified atom stereocenters. The van der Waals surface area contributed by atoms with E-state index >= 15 is 0 Å². The summed E-state index contributed by atoms with van der Waals surface area (Å²) in [6, 6.07) is 9.76. The summed E-state index contributed by atoms with van der Waals surface area (Å²) in [4.78, 5) is 26.6. The zero-order valence-electron chi connectivity index (χ0n) is 16.7. The molecule has 1 saturated heterocycles. The molecule has 3 heterocycles. The third-order valence-corrected chi connectivity index (χ3v) is 5.37. The second-order valence-corrected chi connectivity index (χ2v) is 7.40. The van der Waals surface area contributed by atoms with E-state index < -0.39 is 17.7 Å². The van der Waals surface area contributed by atoms with Crippen LogP contribution in [0.15, 0.2) is 42.6 Å². The number of amides is 2. The lowest BCUT2D eigenvalue weighted by Crippen LogP contribution is -2.33. The van der Waals surface area contributed by atoms with Crippen molar-refractivity contribution in [3.8, 4) is 0 Å². The Morgan fingerprint density at radius 2 is 1.90 bits per heavy atom. The van der Waals surface area contributed by atoms with Gasteiger partial charge in [-0.2, -0.15) is 13.2 Å². The fourth-order valence-electron chi connectivity index (χ4n) is 3.58. The number of halogens is 3. The van der Waals surface area contributed by atoms with E-state index in [1.54, 1.807) is 4.90 Å². The summed E-state index contributed by atoms with van der Waals surface area (Å²) < 4.78 is 40.1. The average molecular weight is 431 g/mol. The van der Waals surface area contributed by atoms with Gasteiger partial charge in [-0.05, 0) is 36.2 Å². The SMILES string of the molecule is CCc1ccc(N2C[C@H](C(=O)NCc3nnc4ccc(C(F)(F)F)cn34)CC2=O)cc1. The third-order valence-electron chi connectivity index (χ3n) is 5.37. The van der Waals surface area contributed by atoms with Crippen molar-refractivity contribution < 1.29 is 22.8 Å². The Balaban J connectivity index is 1.42. The van der Waals surface area contributed by atoms with Crippen LogP contribution in [-0.2, 0) is 28.7 Å². The van der Waals surface area contributed by atoms with E-state index in [0.29, 0.717) is 0 Å². The van der Waals surface area contributed by atoms with Crippen molar-refractivity contribution in [2.75, 3.05) is 11.4 Å². The topological polar surface area (TPSA) is 79.6 Å². The molecule has 0 bridgehead atoms. The van der Waals surface area contributed by atoms with Crippen molar-refractivity contribution in [1.29, 1.82) is 0 Å². The van der Waals surface area contributed by atoms with Crippen LogP contribution >= 0.6 is 0 Å².